The van der Waals surface area contributed by atoms with E-state index in [1.165, 1.54) is 51.4 Å². The van der Waals surface area contributed by atoms with E-state index in [0.29, 0.717) is 6.04 Å². The summed E-state index contributed by atoms with van der Waals surface area (Å²) in [6.07, 6.45) is 12.4. The van der Waals surface area contributed by atoms with E-state index in [4.69, 9.17) is 0 Å². The molecule has 0 bridgehead atoms. The SMILES string of the molecule is CCC1CCC(NCC2(O)CCCCCC2)C1. The first-order valence-corrected chi connectivity index (χ1v) is 7.67. The van der Waals surface area contributed by atoms with Crippen LogP contribution in [0.4, 0.5) is 0 Å². The van der Waals surface area contributed by atoms with Crippen LogP contribution in [-0.4, -0.2) is 23.3 Å². The molecule has 0 aromatic rings. The van der Waals surface area contributed by atoms with Gasteiger partial charge in [-0.2, -0.15) is 0 Å². The van der Waals surface area contributed by atoms with E-state index in [1.807, 2.05) is 0 Å². The number of rotatable bonds is 4. The highest BCUT2D eigenvalue weighted by molar-refractivity contribution is 4.87. The summed E-state index contributed by atoms with van der Waals surface area (Å²) in [5, 5.41) is 14.2. The van der Waals surface area contributed by atoms with E-state index in [-0.39, 0.29) is 0 Å². The molecule has 2 nitrogen and oxygen atoms in total. The Kier molecular flexibility index (Phi) is 4.87. The molecule has 2 rings (SSSR count). The Hall–Kier alpha value is -0.0800. The number of nitrogens with one attached hydrogen (secondary N) is 1. The monoisotopic (exact) mass is 239 g/mol. The number of aliphatic hydroxyl groups is 1. The largest absolute Gasteiger partial charge is 0.389 e. The van der Waals surface area contributed by atoms with Crippen molar-refractivity contribution >= 4 is 0 Å². The van der Waals surface area contributed by atoms with E-state index in [0.717, 1.165) is 25.3 Å². The summed E-state index contributed by atoms with van der Waals surface area (Å²) in [6, 6.07) is 0.673. The average Bonchev–Trinajstić information content (AvgIpc) is 2.69. The van der Waals surface area contributed by atoms with Gasteiger partial charge in [0.25, 0.3) is 0 Å². The maximum atomic E-state index is 10.6. The minimum absolute atomic E-state index is 0.402. The van der Waals surface area contributed by atoms with E-state index >= 15 is 0 Å². The Balaban J connectivity index is 1.73. The Morgan fingerprint density at radius 1 is 1.12 bits per heavy atom. The molecule has 2 N–H and O–H groups in total. The summed E-state index contributed by atoms with van der Waals surface area (Å²) in [5.74, 6) is 0.927. The molecule has 0 heterocycles. The molecule has 2 fully saturated rings. The Bertz CT molecular complexity index is 221. The van der Waals surface area contributed by atoms with E-state index in [1.54, 1.807) is 0 Å². The van der Waals surface area contributed by atoms with Crippen LogP contribution in [0.15, 0.2) is 0 Å². The standard InChI is InChI=1S/C15H29NO/c1-2-13-7-8-14(11-13)16-12-15(17)9-5-3-4-6-10-15/h13-14,16-17H,2-12H2,1H3. The lowest BCUT2D eigenvalue weighted by molar-refractivity contribution is 0.0228. The molecule has 2 atom stereocenters. The second kappa shape index (κ2) is 6.19. The second-order valence-electron chi connectivity index (χ2n) is 6.30. The number of hydrogen-bond donors (Lipinski definition) is 2. The van der Waals surface area contributed by atoms with Gasteiger partial charge in [0.15, 0.2) is 0 Å². The molecule has 0 saturated heterocycles. The molecular formula is C15H29NO. The lowest BCUT2D eigenvalue weighted by Gasteiger charge is -2.28. The molecule has 2 aliphatic rings. The molecule has 2 unspecified atom stereocenters. The van der Waals surface area contributed by atoms with Gasteiger partial charge in [-0.1, -0.05) is 39.0 Å². The van der Waals surface area contributed by atoms with Crippen LogP contribution in [0.25, 0.3) is 0 Å². The highest BCUT2D eigenvalue weighted by atomic mass is 16.3. The summed E-state index contributed by atoms with van der Waals surface area (Å²) in [5.41, 5.74) is -0.402. The zero-order chi connectivity index (χ0) is 12.1. The van der Waals surface area contributed by atoms with Gasteiger partial charge < -0.3 is 10.4 Å². The minimum Gasteiger partial charge on any atom is -0.389 e. The van der Waals surface area contributed by atoms with E-state index < -0.39 is 5.60 Å². The second-order valence-corrected chi connectivity index (χ2v) is 6.30. The van der Waals surface area contributed by atoms with Gasteiger partial charge in [0.05, 0.1) is 5.60 Å². The van der Waals surface area contributed by atoms with Crippen LogP contribution in [-0.2, 0) is 0 Å². The summed E-state index contributed by atoms with van der Waals surface area (Å²) in [6.45, 7) is 3.12. The van der Waals surface area contributed by atoms with Crippen molar-refractivity contribution in [3.63, 3.8) is 0 Å². The predicted molar refractivity (Wildman–Crippen MR) is 72.1 cm³/mol. The van der Waals surface area contributed by atoms with Gasteiger partial charge in [0.2, 0.25) is 0 Å². The molecule has 0 radical (unpaired) electrons. The van der Waals surface area contributed by atoms with E-state index in [9.17, 15) is 5.11 Å². The summed E-state index contributed by atoms with van der Waals surface area (Å²) >= 11 is 0. The van der Waals surface area contributed by atoms with Crippen LogP contribution in [0, 0.1) is 5.92 Å². The molecule has 100 valence electrons. The van der Waals surface area contributed by atoms with Gasteiger partial charge in [0.1, 0.15) is 0 Å². The van der Waals surface area contributed by atoms with Crippen LogP contribution in [0.2, 0.25) is 0 Å². The Morgan fingerprint density at radius 2 is 1.82 bits per heavy atom. The minimum atomic E-state index is -0.402. The molecule has 2 saturated carbocycles. The molecule has 0 aromatic heterocycles. The third kappa shape index (κ3) is 3.96. The zero-order valence-electron chi connectivity index (χ0n) is 11.4. The molecule has 2 aliphatic carbocycles. The normalized spacial score (nSPS) is 33.5. The fraction of sp³-hybridized carbons (Fsp3) is 1.00. The van der Waals surface area contributed by atoms with Crippen molar-refractivity contribution < 1.29 is 5.11 Å². The Labute approximate surface area is 106 Å². The van der Waals surface area contributed by atoms with Crippen LogP contribution in [0.3, 0.4) is 0 Å². The molecule has 2 heteroatoms. The van der Waals surface area contributed by atoms with Crippen molar-refractivity contribution in [3.05, 3.63) is 0 Å². The maximum Gasteiger partial charge on any atom is 0.0771 e. The molecule has 0 spiro atoms. The van der Waals surface area contributed by atoms with Gasteiger partial charge in [0, 0.05) is 12.6 Å². The van der Waals surface area contributed by atoms with Crippen molar-refractivity contribution in [1.29, 1.82) is 0 Å². The van der Waals surface area contributed by atoms with E-state index in [2.05, 4.69) is 12.2 Å². The lowest BCUT2D eigenvalue weighted by atomic mass is 9.94. The quantitative estimate of drug-likeness (QED) is 0.738. The molecular weight excluding hydrogens is 210 g/mol. The highest BCUT2D eigenvalue weighted by Crippen LogP contribution is 2.30. The summed E-state index contributed by atoms with van der Waals surface area (Å²) < 4.78 is 0. The van der Waals surface area contributed by atoms with Crippen LogP contribution >= 0.6 is 0 Å². The topological polar surface area (TPSA) is 32.3 Å². The van der Waals surface area contributed by atoms with Gasteiger partial charge in [-0.15, -0.1) is 0 Å². The first-order valence-electron chi connectivity index (χ1n) is 7.67. The maximum absolute atomic E-state index is 10.6. The van der Waals surface area contributed by atoms with Crippen molar-refractivity contribution in [2.45, 2.75) is 82.8 Å². The Morgan fingerprint density at radius 3 is 2.41 bits per heavy atom. The van der Waals surface area contributed by atoms with Gasteiger partial charge in [-0.3, -0.25) is 0 Å². The smallest absolute Gasteiger partial charge is 0.0771 e. The fourth-order valence-electron chi connectivity index (χ4n) is 3.53. The van der Waals surface area contributed by atoms with Gasteiger partial charge in [-0.05, 0) is 38.0 Å². The third-order valence-corrected chi connectivity index (χ3v) is 4.87. The molecule has 0 aromatic carbocycles. The lowest BCUT2D eigenvalue weighted by Crippen LogP contribution is -2.43. The van der Waals surface area contributed by atoms with Gasteiger partial charge in [-0.25, -0.2) is 0 Å². The van der Waals surface area contributed by atoms with Crippen molar-refractivity contribution in [2.24, 2.45) is 5.92 Å². The average molecular weight is 239 g/mol. The molecule has 0 aliphatic heterocycles. The van der Waals surface area contributed by atoms with Crippen LogP contribution < -0.4 is 5.32 Å². The third-order valence-electron chi connectivity index (χ3n) is 4.87. The van der Waals surface area contributed by atoms with Crippen molar-refractivity contribution in [1.82, 2.24) is 5.32 Å². The number of hydrogen-bond acceptors (Lipinski definition) is 2. The van der Waals surface area contributed by atoms with Crippen LogP contribution in [0.5, 0.6) is 0 Å². The fourth-order valence-corrected chi connectivity index (χ4v) is 3.53. The summed E-state index contributed by atoms with van der Waals surface area (Å²) in [7, 11) is 0. The first-order chi connectivity index (χ1) is 8.22. The van der Waals surface area contributed by atoms with Crippen LogP contribution in [0.1, 0.15) is 71.1 Å². The van der Waals surface area contributed by atoms with Crippen molar-refractivity contribution in [2.75, 3.05) is 6.54 Å². The van der Waals surface area contributed by atoms with Crippen molar-refractivity contribution in [3.8, 4) is 0 Å². The predicted octanol–water partition coefficient (Wildman–Crippen LogP) is 3.24. The highest BCUT2D eigenvalue weighted by Gasteiger charge is 2.30. The van der Waals surface area contributed by atoms with Gasteiger partial charge >= 0.3 is 0 Å². The molecule has 0 amide bonds. The zero-order valence-corrected chi connectivity index (χ0v) is 11.4. The summed E-state index contributed by atoms with van der Waals surface area (Å²) in [4.78, 5) is 0. The first kappa shape index (κ1) is 13.4. The molecule has 17 heavy (non-hydrogen) atoms.